The lowest BCUT2D eigenvalue weighted by atomic mass is 9.99. The zero-order valence-corrected chi connectivity index (χ0v) is 18.8. The molecule has 4 nitrogen and oxygen atoms in total. The smallest absolute Gasteiger partial charge is 0.339 e. The molecule has 0 aliphatic carbocycles. The van der Waals surface area contributed by atoms with E-state index in [0.29, 0.717) is 17.2 Å². The molecular weight excluding hydrogens is 486 g/mol. The molecule has 0 radical (unpaired) electrons. The summed E-state index contributed by atoms with van der Waals surface area (Å²) in [5.41, 5.74) is -3.07. The number of hydrogen-bond donors (Lipinski definition) is 0. The van der Waals surface area contributed by atoms with Crippen LogP contribution in [0.1, 0.15) is 40.4 Å². The van der Waals surface area contributed by atoms with Gasteiger partial charge in [-0.25, -0.2) is 0 Å². The Morgan fingerprint density at radius 2 is 1.50 bits per heavy atom. The topological polar surface area (TPSA) is 40.6 Å². The molecule has 1 aliphatic heterocycles. The Morgan fingerprint density at radius 3 is 2.00 bits per heavy atom. The van der Waals surface area contributed by atoms with Gasteiger partial charge in [-0.1, -0.05) is 30.7 Å². The first-order chi connectivity index (χ1) is 15.8. The number of hydrogen-bond acceptors (Lipinski definition) is 2. The summed E-state index contributed by atoms with van der Waals surface area (Å²) in [4.78, 5) is 28.2. The first-order valence-electron chi connectivity index (χ1n) is 10.4. The predicted molar refractivity (Wildman–Crippen MR) is 113 cm³/mol. The van der Waals surface area contributed by atoms with Gasteiger partial charge >= 0.3 is 12.4 Å². The molecular formula is C23H21ClF6N2O2. The number of piperazine rings is 1. The minimum Gasteiger partial charge on any atom is -0.339 e. The average Bonchev–Trinajstić information content (AvgIpc) is 2.78. The Morgan fingerprint density at radius 1 is 0.941 bits per heavy atom. The maximum atomic E-state index is 13.3. The van der Waals surface area contributed by atoms with Crippen molar-refractivity contribution in [2.45, 2.75) is 38.2 Å². The van der Waals surface area contributed by atoms with Gasteiger partial charge in [-0.2, -0.15) is 26.3 Å². The fourth-order valence-corrected chi connectivity index (χ4v) is 4.01. The summed E-state index contributed by atoms with van der Waals surface area (Å²) in [5.74, 6) is -1.12. The Kier molecular flexibility index (Phi) is 7.50. The molecule has 0 N–H and O–H groups in total. The van der Waals surface area contributed by atoms with E-state index >= 15 is 0 Å². The van der Waals surface area contributed by atoms with Gasteiger partial charge in [0.15, 0.2) is 0 Å². The molecule has 1 fully saturated rings. The fraction of sp³-hybridized carbons (Fsp3) is 0.391. The Balaban J connectivity index is 1.98. The van der Waals surface area contributed by atoms with Crippen molar-refractivity contribution in [3.05, 3.63) is 69.7 Å². The summed E-state index contributed by atoms with van der Waals surface area (Å²) < 4.78 is 79.6. The zero-order valence-electron chi connectivity index (χ0n) is 18.0. The minimum absolute atomic E-state index is 0.0141. The molecule has 3 rings (SSSR count). The van der Waals surface area contributed by atoms with E-state index in [0.717, 1.165) is 5.56 Å². The summed E-state index contributed by atoms with van der Waals surface area (Å²) in [6.07, 6.45) is -9.66. The Labute approximate surface area is 197 Å². The third kappa shape index (κ3) is 6.02. The summed E-state index contributed by atoms with van der Waals surface area (Å²) in [6, 6.07) is 6.87. The van der Waals surface area contributed by atoms with Crippen molar-refractivity contribution in [2.24, 2.45) is 0 Å². The molecule has 34 heavy (non-hydrogen) atoms. The van der Waals surface area contributed by atoms with Crippen LogP contribution in [-0.4, -0.2) is 47.3 Å². The summed E-state index contributed by atoms with van der Waals surface area (Å²) in [5, 5.41) is 0.478. The van der Waals surface area contributed by atoms with Gasteiger partial charge in [0.2, 0.25) is 5.91 Å². The van der Waals surface area contributed by atoms with Gasteiger partial charge in [-0.05, 0) is 42.3 Å². The number of carbonyl (C=O) groups is 2. The van der Waals surface area contributed by atoms with Gasteiger partial charge < -0.3 is 9.80 Å². The molecule has 2 aromatic rings. The lowest BCUT2D eigenvalue weighted by Crippen LogP contribution is -2.57. The third-order valence-corrected chi connectivity index (χ3v) is 5.87. The zero-order chi connectivity index (χ0) is 25.3. The van der Waals surface area contributed by atoms with Crippen LogP contribution >= 0.6 is 11.6 Å². The molecule has 1 aliphatic rings. The predicted octanol–water partition coefficient (Wildman–Crippen LogP) is 5.68. The van der Waals surface area contributed by atoms with Gasteiger partial charge in [-0.3, -0.25) is 9.59 Å². The van der Waals surface area contributed by atoms with Crippen molar-refractivity contribution >= 4 is 23.4 Å². The van der Waals surface area contributed by atoms with Crippen LogP contribution in [0.3, 0.4) is 0 Å². The monoisotopic (exact) mass is 506 g/mol. The molecule has 1 saturated heterocycles. The van der Waals surface area contributed by atoms with Crippen molar-refractivity contribution in [1.29, 1.82) is 0 Å². The second kappa shape index (κ2) is 9.85. The molecule has 184 valence electrons. The van der Waals surface area contributed by atoms with Crippen LogP contribution in [-0.2, 0) is 23.6 Å². The maximum absolute atomic E-state index is 13.3. The van der Waals surface area contributed by atoms with E-state index in [2.05, 4.69) is 0 Å². The molecule has 0 saturated carbocycles. The number of rotatable bonds is 4. The number of alkyl halides is 6. The van der Waals surface area contributed by atoms with E-state index in [4.69, 9.17) is 11.6 Å². The van der Waals surface area contributed by atoms with E-state index in [9.17, 15) is 35.9 Å². The quantitative estimate of drug-likeness (QED) is 0.500. The summed E-state index contributed by atoms with van der Waals surface area (Å²) >= 11 is 5.90. The van der Waals surface area contributed by atoms with Crippen LogP contribution in [0.2, 0.25) is 5.02 Å². The van der Waals surface area contributed by atoms with Crippen LogP contribution in [0, 0.1) is 0 Å². The number of benzene rings is 2. The number of amides is 2. The largest absolute Gasteiger partial charge is 0.416 e. The van der Waals surface area contributed by atoms with E-state index < -0.39 is 41.0 Å². The molecule has 0 spiro atoms. The van der Waals surface area contributed by atoms with Crippen LogP contribution in [0.25, 0.3) is 0 Å². The van der Waals surface area contributed by atoms with E-state index in [-0.39, 0.29) is 44.4 Å². The van der Waals surface area contributed by atoms with E-state index in [1.165, 1.54) is 9.80 Å². The molecule has 1 heterocycles. The van der Waals surface area contributed by atoms with Gasteiger partial charge in [0.05, 0.1) is 17.2 Å². The van der Waals surface area contributed by atoms with Crippen molar-refractivity contribution in [1.82, 2.24) is 9.80 Å². The van der Waals surface area contributed by atoms with Gasteiger partial charge in [0.1, 0.15) is 0 Å². The van der Waals surface area contributed by atoms with E-state index in [1.807, 2.05) is 0 Å². The number of nitrogens with zero attached hydrogens (tertiary/aromatic N) is 2. The average molecular weight is 507 g/mol. The lowest BCUT2D eigenvalue weighted by Gasteiger charge is -2.42. The third-order valence-electron chi connectivity index (χ3n) is 5.62. The molecule has 11 heteroatoms. The number of carbonyl (C=O) groups excluding carboxylic acids is 2. The highest BCUT2D eigenvalue weighted by molar-refractivity contribution is 6.30. The second-order valence-electron chi connectivity index (χ2n) is 7.97. The van der Waals surface area contributed by atoms with Crippen LogP contribution < -0.4 is 0 Å². The summed E-state index contributed by atoms with van der Waals surface area (Å²) in [7, 11) is 0. The molecule has 2 aromatic carbocycles. The van der Waals surface area contributed by atoms with Crippen LogP contribution in [0.15, 0.2) is 42.5 Å². The summed E-state index contributed by atoms with van der Waals surface area (Å²) in [6.45, 7) is 1.88. The highest BCUT2D eigenvalue weighted by atomic mass is 35.5. The first kappa shape index (κ1) is 25.9. The highest BCUT2D eigenvalue weighted by Crippen LogP contribution is 2.37. The van der Waals surface area contributed by atoms with Gasteiger partial charge in [0, 0.05) is 36.6 Å². The number of halogens is 7. The molecule has 0 aromatic heterocycles. The van der Waals surface area contributed by atoms with Crippen molar-refractivity contribution in [3.63, 3.8) is 0 Å². The second-order valence-corrected chi connectivity index (χ2v) is 8.41. The minimum atomic E-state index is -5.06. The fourth-order valence-electron chi connectivity index (χ4n) is 3.88. The maximum Gasteiger partial charge on any atom is 0.416 e. The van der Waals surface area contributed by atoms with E-state index in [1.54, 1.807) is 31.2 Å². The molecule has 2 amide bonds. The first-order valence-corrected chi connectivity index (χ1v) is 10.8. The van der Waals surface area contributed by atoms with Gasteiger partial charge in [0.25, 0.3) is 5.91 Å². The Hall–Kier alpha value is -2.75. The van der Waals surface area contributed by atoms with Crippen LogP contribution in [0.4, 0.5) is 26.3 Å². The normalized spacial score (nSPS) is 17.1. The standard InChI is InChI=1S/C23H21ClF6N2O2/c1-2-20(33)31-7-8-32(19(13-31)9-14-3-5-18(24)6-4-14)21(34)15-10-16(22(25,26)27)12-17(11-15)23(28,29)30/h3-6,10-12,19H,2,7-9,13H2,1H3. The van der Waals surface area contributed by atoms with Crippen molar-refractivity contribution in [2.75, 3.05) is 19.6 Å². The molecule has 1 unspecified atom stereocenters. The lowest BCUT2D eigenvalue weighted by molar-refractivity contribution is -0.143. The van der Waals surface area contributed by atoms with Crippen molar-refractivity contribution in [3.8, 4) is 0 Å². The van der Waals surface area contributed by atoms with Crippen molar-refractivity contribution < 1.29 is 35.9 Å². The molecule has 0 bridgehead atoms. The SMILES string of the molecule is CCC(=O)N1CCN(C(=O)c2cc(C(F)(F)F)cc(C(F)(F)F)c2)C(Cc2ccc(Cl)cc2)C1. The Bertz CT molecular complexity index is 1020. The van der Waals surface area contributed by atoms with Crippen LogP contribution in [0.5, 0.6) is 0 Å². The van der Waals surface area contributed by atoms with Gasteiger partial charge in [-0.15, -0.1) is 0 Å². The highest BCUT2D eigenvalue weighted by Gasteiger charge is 2.39. The molecule has 1 atom stereocenters.